The summed E-state index contributed by atoms with van der Waals surface area (Å²) in [6.45, 7) is 4.19. The van der Waals surface area contributed by atoms with Gasteiger partial charge in [0.2, 0.25) is 5.95 Å². The summed E-state index contributed by atoms with van der Waals surface area (Å²) < 4.78 is 11.1. The van der Waals surface area contributed by atoms with Gasteiger partial charge in [-0.25, -0.2) is 4.98 Å². The van der Waals surface area contributed by atoms with Gasteiger partial charge < -0.3 is 19.3 Å². The SMILES string of the molecule is COc1cc2nc(N3CCCCCC3)nc(N3CCCCCC3)c2cc1OC. The Morgan fingerprint density at radius 1 is 0.679 bits per heavy atom. The zero-order valence-electron chi connectivity index (χ0n) is 17.2. The second kappa shape index (κ2) is 8.84. The lowest BCUT2D eigenvalue weighted by Crippen LogP contribution is -2.29. The molecule has 2 aromatic rings. The van der Waals surface area contributed by atoms with Gasteiger partial charge in [-0.3, -0.25) is 0 Å². The second-order valence-corrected chi connectivity index (χ2v) is 7.87. The van der Waals surface area contributed by atoms with Crippen molar-refractivity contribution in [2.45, 2.75) is 51.4 Å². The Kier molecular flexibility index (Phi) is 6.03. The number of benzene rings is 1. The van der Waals surface area contributed by atoms with E-state index < -0.39 is 0 Å². The molecule has 6 heteroatoms. The summed E-state index contributed by atoms with van der Waals surface area (Å²) in [5, 5.41) is 1.05. The fourth-order valence-electron chi connectivity index (χ4n) is 4.36. The van der Waals surface area contributed by atoms with Crippen LogP contribution in [0.1, 0.15) is 51.4 Å². The van der Waals surface area contributed by atoms with Crippen molar-refractivity contribution in [3.05, 3.63) is 12.1 Å². The maximum atomic E-state index is 5.56. The average Bonchev–Trinajstić information content (AvgIpc) is 3.17. The standard InChI is InChI=1S/C22H32N4O2/c1-27-19-15-17-18(16-20(19)28-2)23-22(26-13-9-5-6-10-14-26)24-21(17)25-11-7-3-4-8-12-25/h15-16H,3-14H2,1-2H3. The van der Waals surface area contributed by atoms with Gasteiger partial charge in [0, 0.05) is 37.6 Å². The first-order valence-electron chi connectivity index (χ1n) is 10.7. The van der Waals surface area contributed by atoms with E-state index in [-0.39, 0.29) is 0 Å². The van der Waals surface area contributed by atoms with Crippen molar-refractivity contribution in [1.82, 2.24) is 9.97 Å². The highest BCUT2D eigenvalue weighted by atomic mass is 16.5. The number of ether oxygens (including phenoxy) is 2. The number of hydrogen-bond donors (Lipinski definition) is 0. The highest BCUT2D eigenvalue weighted by Crippen LogP contribution is 2.37. The van der Waals surface area contributed by atoms with E-state index in [1.165, 1.54) is 51.4 Å². The van der Waals surface area contributed by atoms with Crippen LogP contribution in [0.2, 0.25) is 0 Å². The van der Waals surface area contributed by atoms with E-state index in [4.69, 9.17) is 19.4 Å². The molecule has 4 rings (SSSR count). The van der Waals surface area contributed by atoms with Crippen LogP contribution in [0.15, 0.2) is 12.1 Å². The van der Waals surface area contributed by atoms with E-state index in [0.717, 1.165) is 60.3 Å². The van der Waals surface area contributed by atoms with Gasteiger partial charge in [-0.15, -0.1) is 0 Å². The Morgan fingerprint density at radius 3 is 1.79 bits per heavy atom. The number of aromatic nitrogens is 2. The summed E-state index contributed by atoms with van der Waals surface area (Å²) in [5.74, 6) is 3.36. The highest BCUT2D eigenvalue weighted by Gasteiger charge is 2.21. The molecule has 2 aliphatic rings. The van der Waals surface area contributed by atoms with Crippen LogP contribution in [0, 0.1) is 0 Å². The normalized spacial score (nSPS) is 18.6. The lowest BCUT2D eigenvalue weighted by Gasteiger charge is -2.27. The first kappa shape index (κ1) is 19.1. The molecule has 0 saturated carbocycles. The van der Waals surface area contributed by atoms with Gasteiger partial charge in [-0.2, -0.15) is 4.98 Å². The average molecular weight is 385 g/mol. The van der Waals surface area contributed by atoms with E-state index >= 15 is 0 Å². The Labute approximate surface area is 167 Å². The molecule has 0 atom stereocenters. The monoisotopic (exact) mass is 384 g/mol. The van der Waals surface area contributed by atoms with Gasteiger partial charge in [-0.05, 0) is 31.7 Å². The quantitative estimate of drug-likeness (QED) is 0.778. The fraction of sp³-hybridized carbons (Fsp3) is 0.636. The van der Waals surface area contributed by atoms with Gasteiger partial charge in [-0.1, -0.05) is 25.7 Å². The molecule has 0 unspecified atom stereocenters. The van der Waals surface area contributed by atoms with Crippen molar-refractivity contribution in [3.63, 3.8) is 0 Å². The summed E-state index contributed by atoms with van der Waals surface area (Å²) >= 11 is 0. The summed E-state index contributed by atoms with van der Waals surface area (Å²) in [5.41, 5.74) is 0.936. The van der Waals surface area contributed by atoms with Crippen LogP contribution in [0.3, 0.4) is 0 Å². The molecular weight excluding hydrogens is 352 g/mol. The van der Waals surface area contributed by atoms with Crippen molar-refractivity contribution in [2.75, 3.05) is 50.2 Å². The molecule has 0 N–H and O–H groups in total. The third-order valence-corrected chi connectivity index (χ3v) is 5.96. The molecule has 2 fully saturated rings. The number of nitrogens with zero attached hydrogens (tertiary/aromatic N) is 4. The summed E-state index contributed by atoms with van der Waals surface area (Å²) in [7, 11) is 3.36. The largest absolute Gasteiger partial charge is 0.493 e. The molecule has 1 aromatic carbocycles. The topological polar surface area (TPSA) is 50.7 Å². The van der Waals surface area contributed by atoms with Gasteiger partial charge in [0.25, 0.3) is 0 Å². The predicted octanol–water partition coefficient (Wildman–Crippen LogP) is 4.41. The molecule has 1 aromatic heterocycles. The van der Waals surface area contributed by atoms with Crippen LogP contribution in [0.5, 0.6) is 11.5 Å². The van der Waals surface area contributed by atoms with Crippen LogP contribution in [-0.2, 0) is 0 Å². The molecule has 28 heavy (non-hydrogen) atoms. The number of anilines is 2. The zero-order chi connectivity index (χ0) is 19.3. The Morgan fingerprint density at radius 2 is 1.21 bits per heavy atom. The summed E-state index contributed by atoms with van der Waals surface area (Å²) in [6.07, 6.45) is 10.1. The minimum Gasteiger partial charge on any atom is -0.493 e. The molecule has 0 bridgehead atoms. The van der Waals surface area contributed by atoms with E-state index in [1.807, 2.05) is 12.1 Å². The molecule has 0 aliphatic carbocycles. The zero-order valence-corrected chi connectivity index (χ0v) is 17.2. The molecule has 2 aliphatic heterocycles. The molecule has 0 amide bonds. The van der Waals surface area contributed by atoms with Crippen LogP contribution < -0.4 is 19.3 Å². The number of methoxy groups -OCH3 is 2. The van der Waals surface area contributed by atoms with Gasteiger partial charge in [0.1, 0.15) is 5.82 Å². The maximum Gasteiger partial charge on any atom is 0.227 e. The van der Waals surface area contributed by atoms with Crippen molar-refractivity contribution < 1.29 is 9.47 Å². The maximum absolute atomic E-state index is 5.56. The predicted molar refractivity (Wildman–Crippen MR) is 114 cm³/mol. The highest BCUT2D eigenvalue weighted by molar-refractivity contribution is 5.93. The van der Waals surface area contributed by atoms with Crippen LogP contribution in [0.25, 0.3) is 10.9 Å². The van der Waals surface area contributed by atoms with Crippen LogP contribution in [0.4, 0.5) is 11.8 Å². The molecule has 152 valence electrons. The van der Waals surface area contributed by atoms with Crippen LogP contribution in [-0.4, -0.2) is 50.4 Å². The Balaban J connectivity index is 1.83. The minimum absolute atomic E-state index is 0.720. The third kappa shape index (κ3) is 3.96. The molecule has 2 saturated heterocycles. The smallest absolute Gasteiger partial charge is 0.227 e. The fourth-order valence-corrected chi connectivity index (χ4v) is 4.36. The number of hydrogen-bond acceptors (Lipinski definition) is 6. The van der Waals surface area contributed by atoms with Crippen molar-refractivity contribution in [2.24, 2.45) is 0 Å². The van der Waals surface area contributed by atoms with Crippen molar-refractivity contribution in [1.29, 1.82) is 0 Å². The Bertz CT molecular complexity index is 795. The molecule has 6 nitrogen and oxygen atoms in total. The third-order valence-electron chi connectivity index (χ3n) is 5.96. The van der Waals surface area contributed by atoms with Gasteiger partial charge in [0.05, 0.1) is 19.7 Å². The van der Waals surface area contributed by atoms with Gasteiger partial charge in [0.15, 0.2) is 11.5 Å². The lowest BCUT2D eigenvalue weighted by atomic mass is 10.2. The number of rotatable bonds is 4. The first-order valence-corrected chi connectivity index (χ1v) is 10.7. The summed E-state index contributed by atoms with van der Waals surface area (Å²) in [6, 6.07) is 4.04. The molecular formula is C22H32N4O2. The van der Waals surface area contributed by atoms with E-state index in [0.29, 0.717) is 0 Å². The lowest BCUT2D eigenvalue weighted by molar-refractivity contribution is 0.356. The van der Waals surface area contributed by atoms with E-state index in [9.17, 15) is 0 Å². The van der Waals surface area contributed by atoms with Crippen molar-refractivity contribution in [3.8, 4) is 11.5 Å². The molecule has 3 heterocycles. The van der Waals surface area contributed by atoms with Gasteiger partial charge >= 0.3 is 0 Å². The molecule has 0 spiro atoms. The summed E-state index contributed by atoms with van der Waals surface area (Å²) in [4.78, 5) is 14.9. The van der Waals surface area contributed by atoms with E-state index in [1.54, 1.807) is 14.2 Å². The van der Waals surface area contributed by atoms with Crippen LogP contribution >= 0.6 is 0 Å². The second-order valence-electron chi connectivity index (χ2n) is 7.87. The minimum atomic E-state index is 0.720. The first-order chi connectivity index (χ1) is 13.8. The van der Waals surface area contributed by atoms with E-state index in [2.05, 4.69) is 9.80 Å². The van der Waals surface area contributed by atoms with Crippen molar-refractivity contribution >= 4 is 22.7 Å². The molecule has 0 radical (unpaired) electrons. The number of fused-ring (bicyclic) bond motifs is 1. The Hall–Kier alpha value is -2.24.